The van der Waals surface area contributed by atoms with E-state index in [4.69, 9.17) is 0 Å². The third kappa shape index (κ3) is 2.08. The van der Waals surface area contributed by atoms with Crippen molar-refractivity contribution in [3.63, 3.8) is 0 Å². The maximum atomic E-state index is 11.5. The first-order valence-electron chi connectivity index (χ1n) is 4.29. The predicted molar refractivity (Wildman–Crippen MR) is 50.8 cm³/mol. The van der Waals surface area contributed by atoms with E-state index < -0.39 is 0 Å². The summed E-state index contributed by atoms with van der Waals surface area (Å²) in [5.74, 6) is 0.299. The van der Waals surface area contributed by atoms with Gasteiger partial charge in [-0.25, -0.2) is 4.79 Å². The van der Waals surface area contributed by atoms with Gasteiger partial charge >= 0.3 is 5.69 Å². The molecule has 1 rings (SSSR count). The highest BCUT2D eigenvalue weighted by Gasteiger charge is 2.03. The Bertz CT molecular complexity index is 401. The van der Waals surface area contributed by atoms with E-state index >= 15 is 0 Å². The van der Waals surface area contributed by atoms with Crippen LogP contribution in [0.5, 0.6) is 0 Å². The Morgan fingerprint density at radius 1 is 1.38 bits per heavy atom. The molecule has 0 spiro atoms. The maximum absolute atomic E-state index is 11.5. The summed E-state index contributed by atoms with van der Waals surface area (Å²) in [6.45, 7) is 4.42. The summed E-state index contributed by atoms with van der Waals surface area (Å²) in [7, 11) is 1.64. The van der Waals surface area contributed by atoms with Gasteiger partial charge in [-0.3, -0.25) is 9.36 Å². The molecule has 0 saturated carbocycles. The van der Waals surface area contributed by atoms with Crippen molar-refractivity contribution in [1.82, 2.24) is 9.13 Å². The van der Waals surface area contributed by atoms with Crippen molar-refractivity contribution in [2.45, 2.75) is 20.4 Å². The molecule has 1 aromatic heterocycles. The first-order valence-corrected chi connectivity index (χ1v) is 4.29. The molecule has 0 amide bonds. The van der Waals surface area contributed by atoms with Crippen LogP contribution in [0.15, 0.2) is 21.9 Å². The molecule has 4 nitrogen and oxygen atoms in total. The second-order valence-electron chi connectivity index (χ2n) is 3.55. The van der Waals surface area contributed by atoms with E-state index in [1.54, 1.807) is 7.05 Å². The van der Waals surface area contributed by atoms with Crippen molar-refractivity contribution in [3.05, 3.63) is 33.1 Å². The Morgan fingerprint density at radius 3 is 2.54 bits per heavy atom. The second kappa shape index (κ2) is 3.60. The van der Waals surface area contributed by atoms with Crippen molar-refractivity contribution in [1.29, 1.82) is 0 Å². The number of aryl methyl sites for hydroxylation is 1. The standard InChI is InChI=1S/C9H14N2O2/c1-7(2)6-11-8(12)4-5-10(3)9(11)13/h4-5,7H,6H2,1-3H3. The molecule has 0 aliphatic rings. The van der Waals surface area contributed by atoms with Crippen LogP contribution >= 0.6 is 0 Å². The average molecular weight is 182 g/mol. The first-order chi connectivity index (χ1) is 6.02. The minimum Gasteiger partial charge on any atom is -0.303 e. The highest BCUT2D eigenvalue weighted by atomic mass is 16.2. The largest absolute Gasteiger partial charge is 0.330 e. The highest BCUT2D eigenvalue weighted by molar-refractivity contribution is 4.85. The molecular formula is C9H14N2O2. The summed E-state index contributed by atoms with van der Waals surface area (Å²) in [5, 5.41) is 0. The Labute approximate surface area is 76.4 Å². The molecule has 13 heavy (non-hydrogen) atoms. The van der Waals surface area contributed by atoms with Gasteiger partial charge in [-0.15, -0.1) is 0 Å². The smallest absolute Gasteiger partial charge is 0.303 e. The van der Waals surface area contributed by atoms with Crippen LogP contribution in [-0.4, -0.2) is 9.13 Å². The molecule has 0 bridgehead atoms. The van der Waals surface area contributed by atoms with Gasteiger partial charge in [0.25, 0.3) is 5.56 Å². The molecule has 0 aliphatic carbocycles. The second-order valence-corrected chi connectivity index (χ2v) is 3.55. The van der Waals surface area contributed by atoms with Crippen LogP contribution in [0.4, 0.5) is 0 Å². The predicted octanol–water partition coefficient (Wildman–Crippen LogP) is 0.203. The van der Waals surface area contributed by atoms with Gasteiger partial charge in [0.2, 0.25) is 0 Å². The van der Waals surface area contributed by atoms with Crippen molar-refractivity contribution in [2.24, 2.45) is 13.0 Å². The number of aromatic nitrogens is 2. The zero-order valence-corrected chi connectivity index (χ0v) is 8.15. The van der Waals surface area contributed by atoms with Gasteiger partial charge in [-0.1, -0.05) is 13.8 Å². The van der Waals surface area contributed by atoms with Gasteiger partial charge in [0.1, 0.15) is 0 Å². The molecule has 0 unspecified atom stereocenters. The van der Waals surface area contributed by atoms with Gasteiger partial charge in [0.05, 0.1) is 0 Å². The Kier molecular flexibility index (Phi) is 2.70. The maximum Gasteiger partial charge on any atom is 0.330 e. The number of rotatable bonds is 2. The zero-order chi connectivity index (χ0) is 10.0. The van der Waals surface area contributed by atoms with Crippen LogP contribution in [0.25, 0.3) is 0 Å². The van der Waals surface area contributed by atoms with E-state index in [1.807, 2.05) is 13.8 Å². The van der Waals surface area contributed by atoms with Gasteiger partial charge < -0.3 is 4.57 Å². The lowest BCUT2D eigenvalue weighted by molar-refractivity contribution is 0.479. The molecule has 0 aromatic carbocycles. The third-order valence-corrected chi connectivity index (χ3v) is 1.79. The van der Waals surface area contributed by atoms with Crippen LogP contribution in [0, 0.1) is 5.92 Å². The van der Waals surface area contributed by atoms with Crippen molar-refractivity contribution < 1.29 is 0 Å². The average Bonchev–Trinajstić information content (AvgIpc) is 2.05. The molecule has 0 atom stereocenters. The SMILES string of the molecule is CC(C)Cn1c(=O)ccn(C)c1=O. The molecule has 72 valence electrons. The molecule has 0 fully saturated rings. The highest BCUT2D eigenvalue weighted by Crippen LogP contribution is 1.92. The van der Waals surface area contributed by atoms with Crippen molar-refractivity contribution >= 4 is 0 Å². The topological polar surface area (TPSA) is 44.0 Å². The molecule has 1 aromatic rings. The normalized spacial score (nSPS) is 10.8. The van der Waals surface area contributed by atoms with E-state index in [1.165, 1.54) is 21.4 Å². The Hall–Kier alpha value is -1.32. The van der Waals surface area contributed by atoms with Gasteiger partial charge in [0.15, 0.2) is 0 Å². The summed E-state index contributed by atoms with van der Waals surface area (Å²) in [6, 6.07) is 1.41. The van der Waals surface area contributed by atoms with Crippen LogP contribution in [0.2, 0.25) is 0 Å². The van der Waals surface area contributed by atoms with Gasteiger partial charge in [-0.2, -0.15) is 0 Å². The quantitative estimate of drug-likeness (QED) is 0.656. The number of hydrogen-bond donors (Lipinski definition) is 0. The molecule has 0 N–H and O–H groups in total. The van der Waals surface area contributed by atoms with E-state index in [0.717, 1.165) is 0 Å². The number of nitrogens with zero attached hydrogens (tertiary/aromatic N) is 2. The van der Waals surface area contributed by atoms with Crippen LogP contribution in [0.3, 0.4) is 0 Å². The summed E-state index contributed by atoms with van der Waals surface area (Å²) < 4.78 is 2.66. The first kappa shape index (κ1) is 9.77. The summed E-state index contributed by atoms with van der Waals surface area (Å²) in [5.41, 5.74) is -0.474. The monoisotopic (exact) mass is 182 g/mol. The molecule has 1 heterocycles. The number of hydrogen-bond acceptors (Lipinski definition) is 2. The van der Waals surface area contributed by atoms with Crippen LogP contribution in [0.1, 0.15) is 13.8 Å². The molecule has 4 heteroatoms. The van der Waals surface area contributed by atoms with Gasteiger partial charge in [0, 0.05) is 25.9 Å². The minimum absolute atomic E-state index is 0.225. The molecule has 0 radical (unpaired) electrons. The summed E-state index contributed by atoms with van der Waals surface area (Å²) >= 11 is 0. The fourth-order valence-electron chi connectivity index (χ4n) is 1.15. The van der Waals surface area contributed by atoms with Crippen LogP contribution < -0.4 is 11.2 Å². The molecule has 0 aliphatic heterocycles. The van der Waals surface area contributed by atoms with E-state index in [0.29, 0.717) is 12.5 Å². The summed E-state index contributed by atoms with van der Waals surface area (Å²) in [6.07, 6.45) is 1.49. The van der Waals surface area contributed by atoms with E-state index in [-0.39, 0.29) is 11.2 Å². The van der Waals surface area contributed by atoms with Crippen molar-refractivity contribution in [3.8, 4) is 0 Å². The van der Waals surface area contributed by atoms with E-state index in [2.05, 4.69) is 0 Å². The lowest BCUT2D eigenvalue weighted by Crippen LogP contribution is -2.38. The lowest BCUT2D eigenvalue weighted by Gasteiger charge is -2.08. The lowest BCUT2D eigenvalue weighted by atomic mass is 10.2. The van der Waals surface area contributed by atoms with Crippen LogP contribution in [-0.2, 0) is 13.6 Å². The fourth-order valence-corrected chi connectivity index (χ4v) is 1.15. The minimum atomic E-state index is -0.249. The molecule has 0 saturated heterocycles. The van der Waals surface area contributed by atoms with Gasteiger partial charge in [-0.05, 0) is 5.92 Å². The Morgan fingerprint density at radius 2 is 2.00 bits per heavy atom. The fraction of sp³-hybridized carbons (Fsp3) is 0.556. The third-order valence-electron chi connectivity index (χ3n) is 1.79. The summed E-state index contributed by atoms with van der Waals surface area (Å²) in [4.78, 5) is 22.7. The van der Waals surface area contributed by atoms with Crippen molar-refractivity contribution in [2.75, 3.05) is 0 Å². The zero-order valence-electron chi connectivity index (χ0n) is 8.15. The Balaban J connectivity index is 3.27. The van der Waals surface area contributed by atoms with E-state index in [9.17, 15) is 9.59 Å². The molecular weight excluding hydrogens is 168 g/mol.